The summed E-state index contributed by atoms with van der Waals surface area (Å²) in [5, 5.41) is 8.81. The number of rotatable bonds is 1. The monoisotopic (exact) mass is 218 g/mol. The molecule has 1 fully saturated rings. The lowest BCUT2D eigenvalue weighted by Gasteiger charge is -2.42. The highest BCUT2D eigenvalue weighted by Gasteiger charge is 2.32. The van der Waals surface area contributed by atoms with Gasteiger partial charge in [-0.3, -0.25) is 0 Å². The minimum atomic E-state index is -0.133. The third kappa shape index (κ3) is 1.97. The van der Waals surface area contributed by atoms with E-state index in [1.165, 1.54) is 0 Å². The minimum Gasteiger partial charge on any atom is -0.377 e. The summed E-state index contributed by atoms with van der Waals surface area (Å²) < 4.78 is 5.43. The van der Waals surface area contributed by atoms with Gasteiger partial charge in [-0.05, 0) is 19.9 Å². The molecule has 1 aliphatic rings. The molecule has 16 heavy (non-hydrogen) atoms. The highest BCUT2D eigenvalue weighted by molar-refractivity contribution is 5.37. The molecule has 0 bridgehead atoms. The third-order valence-corrected chi connectivity index (χ3v) is 2.64. The second-order valence-corrected chi connectivity index (χ2v) is 4.37. The summed E-state index contributed by atoms with van der Waals surface area (Å²) >= 11 is 0. The molecule has 0 saturated carbocycles. The Morgan fingerprint density at radius 1 is 1.56 bits per heavy atom. The number of morpholine rings is 1. The first-order chi connectivity index (χ1) is 7.63. The summed E-state index contributed by atoms with van der Waals surface area (Å²) in [6.07, 6.45) is 1.62. The number of aromatic nitrogens is 2. The zero-order chi connectivity index (χ0) is 11.6. The van der Waals surface area contributed by atoms with E-state index in [2.05, 4.69) is 28.7 Å². The highest BCUT2D eigenvalue weighted by atomic mass is 16.5. The molecular formula is C11H14N4O. The number of hydrogen-bond acceptors (Lipinski definition) is 5. The lowest BCUT2D eigenvalue weighted by atomic mass is 10.0. The van der Waals surface area contributed by atoms with Gasteiger partial charge in [0.1, 0.15) is 11.8 Å². The fraction of sp³-hybridized carbons (Fsp3) is 0.545. The normalized spacial score (nSPS) is 19.2. The van der Waals surface area contributed by atoms with Gasteiger partial charge >= 0.3 is 0 Å². The molecule has 1 saturated heterocycles. The first-order valence-corrected chi connectivity index (χ1v) is 5.22. The zero-order valence-electron chi connectivity index (χ0n) is 9.47. The van der Waals surface area contributed by atoms with Gasteiger partial charge in [-0.2, -0.15) is 5.26 Å². The van der Waals surface area contributed by atoms with Gasteiger partial charge in [0, 0.05) is 12.7 Å². The van der Waals surface area contributed by atoms with Crippen LogP contribution in [0, 0.1) is 11.3 Å². The van der Waals surface area contributed by atoms with Crippen molar-refractivity contribution in [3.8, 4) is 6.07 Å². The van der Waals surface area contributed by atoms with Gasteiger partial charge in [0.05, 0.1) is 18.8 Å². The molecule has 0 aromatic carbocycles. The second kappa shape index (κ2) is 4.06. The molecule has 5 heteroatoms. The van der Waals surface area contributed by atoms with Crippen molar-refractivity contribution < 1.29 is 4.74 Å². The average Bonchev–Trinajstić information content (AvgIpc) is 2.28. The molecule has 0 atom stereocenters. The summed E-state index contributed by atoms with van der Waals surface area (Å²) in [5.74, 6) is 0.604. The second-order valence-electron chi connectivity index (χ2n) is 4.37. The van der Waals surface area contributed by atoms with Gasteiger partial charge in [0.2, 0.25) is 5.95 Å². The number of hydrogen-bond donors (Lipinski definition) is 0. The summed E-state index contributed by atoms with van der Waals surface area (Å²) in [6, 6.07) is 3.63. The fourth-order valence-corrected chi connectivity index (χ4v) is 1.77. The van der Waals surface area contributed by atoms with E-state index in [1.54, 1.807) is 12.3 Å². The Morgan fingerprint density at radius 2 is 2.38 bits per heavy atom. The SMILES string of the molecule is CC1(C)COCCN1c1nccc(C#N)n1. The van der Waals surface area contributed by atoms with Crippen molar-refractivity contribution in [3.63, 3.8) is 0 Å². The number of nitriles is 1. The minimum absolute atomic E-state index is 0.133. The number of ether oxygens (including phenoxy) is 1. The van der Waals surface area contributed by atoms with E-state index in [1.807, 2.05) is 6.07 Å². The lowest BCUT2D eigenvalue weighted by Crippen LogP contribution is -2.53. The van der Waals surface area contributed by atoms with Gasteiger partial charge in [-0.25, -0.2) is 9.97 Å². The van der Waals surface area contributed by atoms with E-state index in [9.17, 15) is 0 Å². The van der Waals surface area contributed by atoms with Gasteiger partial charge in [0.15, 0.2) is 0 Å². The number of anilines is 1. The van der Waals surface area contributed by atoms with E-state index in [0.29, 0.717) is 24.9 Å². The van der Waals surface area contributed by atoms with Crippen molar-refractivity contribution in [2.24, 2.45) is 0 Å². The quantitative estimate of drug-likeness (QED) is 0.702. The van der Waals surface area contributed by atoms with Gasteiger partial charge in [-0.15, -0.1) is 0 Å². The van der Waals surface area contributed by atoms with Crippen LogP contribution in [0.2, 0.25) is 0 Å². The van der Waals surface area contributed by atoms with Crippen molar-refractivity contribution in [2.45, 2.75) is 19.4 Å². The molecule has 0 radical (unpaired) electrons. The smallest absolute Gasteiger partial charge is 0.227 e. The molecule has 1 aromatic heterocycles. The highest BCUT2D eigenvalue weighted by Crippen LogP contribution is 2.23. The van der Waals surface area contributed by atoms with Gasteiger partial charge in [-0.1, -0.05) is 0 Å². The van der Waals surface area contributed by atoms with Crippen LogP contribution in [0.3, 0.4) is 0 Å². The Balaban J connectivity index is 2.32. The Kier molecular flexibility index (Phi) is 2.75. The van der Waals surface area contributed by atoms with E-state index in [-0.39, 0.29) is 5.54 Å². The van der Waals surface area contributed by atoms with Crippen molar-refractivity contribution in [3.05, 3.63) is 18.0 Å². The van der Waals surface area contributed by atoms with E-state index >= 15 is 0 Å². The van der Waals surface area contributed by atoms with E-state index in [4.69, 9.17) is 10.00 Å². The fourth-order valence-electron chi connectivity index (χ4n) is 1.77. The first-order valence-electron chi connectivity index (χ1n) is 5.22. The van der Waals surface area contributed by atoms with Crippen LogP contribution in [0.15, 0.2) is 12.3 Å². The Labute approximate surface area is 94.7 Å². The molecule has 0 N–H and O–H groups in total. The molecule has 1 aromatic rings. The maximum atomic E-state index is 8.81. The molecule has 0 spiro atoms. The Bertz CT molecular complexity index is 424. The molecule has 2 heterocycles. The Morgan fingerprint density at radius 3 is 3.06 bits per heavy atom. The number of nitrogens with zero attached hydrogens (tertiary/aromatic N) is 4. The van der Waals surface area contributed by atoms with Crippen molar-refractivity contribution in [1.29, 1.82) is 5.26 Å². The van der Waals surface area contributed by atoms with Crippen molar-refractivity contribution in [2.75, 3.05) is 24.7 Å². The zero-order valence-corrected chi connectivity index (χ0v) is 9.47. The van der Waals surface area contributed by atoms with Gasteiger partial charge in [0.25, 0.3) is 0 Å². The summed E-state index contributed by atoms with van der Waals surface area (Å²) in [6.45, 7) is 6.22. The first kappa shape index (κ1) is 10.8. The van der Waals surface area contributed by atoms with Crippen LogP contribution in [0.1, 0.15) is 19.5 Å². The van der Waals surface area contributed by atoms with E-state index < -0.39 is 0 Å². The van der Waals surface area contributed by atoms with Gasteiger partial charge < -0.3 is 9.64 Å². The molecular weight excluding hydrogens is 204 g/mol. The van der Waals surface area contributed by atoms with Crippen LogP contribution in [-0.2, 0) is 4.74 Å². The molecule has 0 unspecified atom stereocenters. The molecule has 0 aliphatic carbocycles. The van der Waals surface area contributed by atoms with E-state index in [0.717, 1.165) is 6.54 Å². The Hall–Kier alpha value is -1.67. The van der Waals surface area contributed by atoms with Crippen molar-refractivity contribution in [1.82, 2.24) is 9.97 Å². The molecule has 0 amide bonds. The van der Waals surface area contributed by atoms with Crippen LogP contribution in [0.5, 0.6) is 0 Å². The summed E-state index contributed by atoms with van der Waals surface area (Å²) in [7, 11) is 0. The van der Waals surface area contributed by atoms with Crippen molar-refractivity contribution >= 4 is 5.95 Å². The predicted octanol–water partition coefficient (Wildman–Crippen LogP) is 0.963. The largest absolute Gasteiger partial charge is 0.377 e. The topological polar surface area (TPSA) is 62.0 Å². The molecule has 1 aliphatic heterocycles. The summed E-state index contributed by atoms with van der Waals surface area (Å²) in [4.78, 5) is 10.5. The molecule has 84 valence electrons. The molecule has 5 nitrogen and oxygen atoms in total. The van der Waals surface area contributed by atoms with Crippen LogP contribution >= 0.6 is 0 Å². The third-order valence-electron chi connectivity index (χ3n) is 2.64. The van der Waals surface area contributed by atoms with Crippen LogP contribution in [-0.4, -0.2) is 35.3 Å². The maximum Gasteiger partial charge on any atom is 0.227 e. The standard InChI is InChI=1S/C11H14N4O/c1-11(2)8-16-6-5-15(11)10-13-4-3-9(7-12)14-10/h3-4H,5-6,8H2,1-2H3. The summed E-state index contributed by atoms with van der Waals surface area (Å²) in [5.41, 5.74) is 0.263. The van der Waals surface area contributed by atoms with Crippen LogP contribution in [0.4, 0.5) is 5.95 Å². The van der Waals surface area contributed by atoms with Crippen LogP contribution < -0.4 is 4.90 Å². The lowest BCUT2D eigenvalue weighted by molar-refractivity contribution is 0.0634. The predicted molar refractivity (Wildman–Crippen MR) is 59.0 cm³/mol. The maximum absolute atomic E-state index is 8.81. The average molecular weight is 218 g/mol. The molecule has 2 rings (SSSR count). The van der Waals surface area contributed by atoms with Crippen LogP contribution in [0.25, 0.3) is 0 Å².